The van der Waals surface area contributed by atoms with Crippen molar-refractivity contribution in [2.75, 3.05) is 12.4 Å². The Bertz CT molecular complexity index is 248. The van der Waals surface area contributed by atoms with Gasteiger partial charge in [-0.05, 0) is 19.1 Å². The molecule has 1 aromatic heterocycles. The van der Waals surface area contributed by atoms with Crippen molar-refractivity contribution in [2.45, 2.75) is 17.9 Å². The Morgan fingerprint density at radius 1 is 1.54 bits per heavy atom. The molecular formula is C9H13NO2S. The van der Waals surface area contributed by atoms with Gasteiger partial charge in [-0.15, -0.1) is 11.8 Å². The van der Waals surface area contributed by atoms with Gasteiger partial charge in [0.1, 0.15) is 0 Å². The summed E-state index contributed by atoms with van der Waals surface area (Å²) >= 11 is 1.55. The van der Waals surface area contributed by atoms with Crippen molar-refractivity contribution >= 4 is 11.8 Å². The van der Waals surface area contributed by atoms with Crippen molar-refractivity contribution in [1.82, 2.24) is 4.98 Å². The smallest absolute Gasteiger partial charge is 0.0931 e. The van der Waals surface area contributed by atoms with Crippen molar-refractivity contribution in [3.05, 3.63) is 24.0 Å². The molecule has 0 aromatic carbocycles. The minimum absolute atomic E-state index is 0.169. The second-order valence-electron chi connectivity index (χ2n) is 2.67. The fourth-order valence-corrected chi connectivity index (χ4v) is 1.51. The largest absolute Gasteiger partial charge is 0.396 e. The van der Waals surface area contributed by atoms with E-state index >= 15 is 0 Å². The maximum atomic E-state index is 9.18. The van der Waals surface area contributed by atoms with Crippen LogP contribution in [0.2, 0.25) is 0 Å². The van der Waals surface area contributed by atoms with Crippen molar-refractivity contribution in [3.63, 3.8) is 0 Å². The maximum Gasteiger partial charge on any atom is 0.0931 e. The molecule has 0 unspecified atom stereocenters. The Balaban J connectivity index is 2.59. The monoisotopic (exact) mass is 199 g/mol. The first-order valence-electron chi connectivity index (χ1n) is 4.11. The molecule has 0 bridgehead atoms. The number of hydrogen-bond donors (Lipinski definition) is 2. The van der Waals surface area contributed by atoms with Crippen molar-refractivity contribution in [3.8, 4) is 0 Å². The van der Waals surface area contributed by atoms with Crippen LogP contribution in [0, 0.1) is 0 Å². The van der Waals surface area contributed by atoms with Crippen LogP contribution in [0.3, 0.4) is 0 Å². The second-order valence-corrected chi connectivity index (χ2v) is 3.84. The van der Waals surface area contributed by atoms with E-state index in [1.807, 2.05) is 6.07 Å². The quantitative estimate of drug-likeness (QED) is 0.716. The van der Waals surface area contributed by atoms with Gasteiger partial charge in [-0.1, -0.05) is 0 Å². The summed E-state index contributed by atoms with van der Waals surface area (Å²) in [4.78, 5) is 5.09. The van der Waals surface area contributed by atoms with Gasteiger partial charge in [0.2, 0.25) is 0 Å². The van der Waals surface area contributed by atoms with Crippen molar-refractivity contribution in [1.29, 1.82) is 0 Å². The number of aliphatic hydroxyl groups excluding tert-OH is 2. The lowest BCUT2D eigenvalue weighted by Gasteiger charge is -2.04. The standard InChI is InChI=1S/C9H13NO2S/c1-7(12)9-3-2-8(6-10-9)13-5-4-11/h2-3,6-7,11-12H,4-5H2,1H3/t7-/m0/s1. The second kappa shape index (κ2) is 5.21. The normalized spacial score (nSPS) is 12.8. The minimum atomic E-state index is -0.517. The van der Waals surface area contributed by atoms with E-state index in [9.17, 15) is 5.11 Å². The van der Waals surface area contributed by atoms with Gasteiger partial charge in [-0.3, -0.25) is 4.98 Å². The van der Waals surface area contributed by atoms with Gasteiger partial charge in [0.15, 0.2) is 0 Å². The van der Waals surface area contributed by atoms with Gasteiger partial charge in [0.05, 0.1) is 18.4 Å². The van der Waals surface area contributed by atoms with Crippen LogP contribution in [0.5, 0.6) is 0 Å². The van der Waals surface area contributed by atoms with E-state index in [2.05, 4.69) is 4.98 Å². The van der Waals surface area contributed by atoms with E-state index < -0.39 is 6.10 Å². The van der Waals surface area contributed by atoms with Crippen molar-refractivity contribution < 1.29 is 10.2 Å². The first-order chi connectivity index (χ1) is 6.24. The van der Waals surface area contributed by atoms with E-state index in [1.54, 1.807) is 30.9 Å². The van der Waals surface area contributed by atoms with Gasteiger partial charge in [0.25, 0.3) is 0 Å². The van der Waals surface area contributed by atoms with Crippen LogP contribution in [-0.4, -0.2) is 27.6 Å². The zero-order valence-electron chi connectivity index (χ0n) is 7.47. The zero-order valence-corrected chi connectivity index (χ0v) is 8.29. The summed E-state index contributed by atoms with van der Waals surface area (Å²) in [6.07, 6.45) is 1.19. The Morgan fingerprint density at radius 3 is 2.77 bits per heavy atom. The highest BCUT2D eigenvalue weighted by atomic mass is 32.2. The van der Waals surface area contributed by atoms with E-state index in [0.717, 1.165) is 4.90 Å². The van der Waals surface area contributed by atoms with Crippen LogP contribution in [0.25, 0.3) is 0 Å². The van der Waals surface area contributed by atoms with Crippen LogP contribution < -0.4 is 0 Å². The Labute approximate surface area is 81.8 Å². The molecule has 1 heterocycles. The van der Waals surface area contributed by atoms with Crippen LogP contribution in [0.1, 0.15) is 18.7 Å². The molecular weight excluding hydrogens is 186 g/mol. The number of thioether (sulfide) groups is 1. The molecule has 0 aliphatic heterocycles. The first kappa shape index (κ1) is 10.5. The number of pyridine rings is 1. The average molecular weight is 199 g/mol. The molecule has 0 aliphatic carbocycles. The molecule has 4 heteroatoms. The highest BCUT2D eigenvalue weighted by Gasteiger charge is 2.01. The van der Waals surface area contributed by atoms with Crippen molar-refractivity contribution in [2.24, 2.45) is 0 Å². The van der Waals surface area contributed by atoms with Crippen LogP contribution >= 0.6 is 11.8 Å². The van der Waals surface area contributed by atoms with E-state index in [1.165, 1.54) is 0 Å². The third-order valence-electron chi connectivity index (χ3n) is 1.55. The summed E-state index contributed by atoms with van der Waals surface area (Å²) in [5.74, 6) is 0.676. The van der Waals surface area contributed by atoms with Gasteiger partial charge >= 0.3 is 0 Å². The number of rotatable bonds is 4. The van der Waals surface area contributed by atoms with E-state index in [4.69, 9.17) is 5.11 Å². The lowest BCUT2D eigenvalue weighted by molar-refractivity contribution is 0.194. The molecule has 72 valence electrons. The summed E-state index contributed by atoms with van der Waals surface area (Å²) in [6.45, 7) is 1.85. The first-order valence-corrected chi connectivity index (χ1v) is 5.10. The topological polar surface area (TPSA) is 53.4 Å². The summed E-state index contributed by atoms with van der Waals surface area (Å²) < 4.78 is 0. The average Bonchev–Trinajstić information content (AvgIpc) is 2.15. The fraction of sp³-hybridized carbons (Fsp3) is 0.444. The third-order valence-corrected chi connectivity index (χ3v) is 2.51. The third kappa shape index (κ3) is 3.34. The molecule has 1 rings (SSSR count). The molecule has 0 amide bonds. The maximum absolute atomic E-state index is 9.18. The lowest BCUT2D eigenvalue weighted by Crippen LogP contribution is -1.94. The minimum Gasteiger partial charge on any atom is -0.396 e. The van der Waals surface area contributed by atoms with Gasteiger partial charge in [-0.2, -0.15) is 0 Å². The molecule has 2 N–H and O–H groups in total. The van der Waals surface area contributed by atoms with Gasteiger partial charge < -0.3 is 10.2 Å². The Morgan fingerprint density at radius 2 is 2.31 bits per heavy atom. The fourth-order valence-electron chi connectivity index (χ4n) is 0.888. The molecule has 0 aliphatic rings. The summed E-state index contributed by atoms with van der Waals surface area (Å²) in [5, 5.41) is 17.8. The number of nitrogens with zero attached hydrogens (tertiary/aromatic N) is 1. The number of aromatic nitrogens is 1. The number of hydrogen-bond acceptors (Lipinski definition) is 4. The molecule has 0 saturated heterocycles. The Kier molecular flexibility index (Phi) is 4.21. The molecule has 1 atom stereocenters. The SMILES string of the molecule is C[C@H](O)c1ccc(SCCO)cn1. The van der Waals surface area contributed by atoms with Crippen LogP contribution in [0.15, 0.2) is 23.2 Å². The molecule has 1 aromatic rings. The van der Waals surface area contributed by atoms with Crippen LogP contribution in [0.4, 0.5) is 0 Å². The predicted octanol–water partition coefficient (Wildman–Crippen LogP) is 1.22. The molecule has 0 fully saturated rings. The summed E-state index contributed by atoms with van der Waals surface area (Å²) in [6, 6.07) is 3.69. The zero-order chi connectivity index (χ0) is 9.68. The molecule has 3 nitrogen and oxygen atoms in total. The molecule has 13 heavy (non-hydrogen) atoms. The highest BCUT2D eigenvalue weighted by molar-refractivity contribution is 7.99. The van der Waals surface area contributed by atoms with E-state index in [-0.39, 0.29) is 6.61 Å². The predicted molar refractivity (Wildman–Crippen MR) is 52.7 cm³/mol. The summed E-state index contributed by atoms with van der Waals surface area (Å²) in [5.41, 5.74) is 0.674. The molecule has 0 spiro atoms. The van der Waals surface area contributed by atoms with Gasteiger partial charge in [-0.25, -0.2) is 0 Å². The lowest BCUT2D eigenvalue weighted by atomic mass is 10.2. The van der Waals surface area contributed by atoms with E-state index in [0.29, 0.717) is 11.4 Å². The summed E-state index contributed by atoms with van der Waals surface area (Å²) in [7, 11) is 0. The molecule has 0 saturated carbocycles. The molecule has 0 radical (unpaired) electrons. The Hall–Kier alpha value is -0.580. The highest BCUT2D eigenvalue weighted by Crippen LogP contribution is 2.18. The number of aliphatic hydroxyl groups is 2. The van der Waals surface area contributed by atoms with Gasteiger partial charge in [0, 0.05) is 16.8 Å². The van der Waals surface area contributed by atoms with Crippen LogP contribution in [-0.2, 0) is 0 Å².